The average Bonchev–Trinajstić information content (AvgIpc) is 3.41. The van der Waals surface area contributed by atoms with Gasteiger partial charge in [-0.05, 0) is 61.7 Å². The lowest BCUT2D eigenvalue weighted by Crippen LogP contribution is -2.29. The Labute approximate surface area is 222 Å². The van der Waals surface area contributed by atoms with Crippen LogP contribution in [0.3, 0.4) is 0 Å². The topological polar surface area (TPSA) is 56.6 Å². The van der Waals surface area contributed by atoms with Gasteiger partial charge >= 0.3 is 0 Å². The van der Waals surface area contributed by atoms with Crippen LogP contribution in [0.5, 0.6) is 5.75 Å². The molecule has 188 valence electrons. The van der Waals surface area contributed by atoms with E-state index >= 15 is 0 Å². The second-order valence-corrected chi connectivity index (χ2v) is 10.2. The zero-order valence-electron chi connectivity index (χ0n) is 20.9. The number of aromatic nitrogens is 2. The monoisotopic (exact) mass is 521 g/mol. The number of methoxy groups -OCH3 is 1. The molecule has 0 unspecified atom stereocenters. The fourth-order valence-electron chi connectivity index (χ4n) is 3.94. The minimum atomic E-state index is -0.0732. The zero-order chi connectivity index (χ0) is 25.5. The van der Waals surface area contributed by atoms with Gasteiger partial charge in [0.15, 0.2) is 0 Å². The van der Waals surface area contributed by atoms with Crippen LogP contribution in [0, 0.1) is 6.92 Å². The Morgan fingerprint density at radius 2 is 1.92 bits per heavy atom. The highest BCUT2D eigenvalue weighted by Crippen LogP contribution is 2.36. The number of rotatable bonds is 11. The molecule has 1 aliphatic rings. The van der Waals surface area contributed by atoms with Gasteiger partial charge in [-0.2, -0.15) is 5.10 Å². The third-order valence-corrected chi connectivity index (χ3v) is 7.25. The SMILES string of the molecule is CCCCOc1ccc(-c2nn(-c3ccccc3)cc2/C=C2\SC(=S)N(CCCOC)C2=O)c(C)c1. The van der Waals surface area contributed by atoms with Crippen LogP contribution >= 0.6 is 24.0 Å². The standard InChI is InChI=1S/C28H31N3O3S2/c1-4-5-16-34-23-12-13-24(20(2)17-23)26-21(19-31(29-26)22-10-7-6-8-11-22)18-25-27(32)30(28(35)36-25)14-9-15-33-3/h6-8,10-13,17-19H,4-5,9,14-16H2,1-3H3/b25-18-. The van der Waals surface area contributed by atoms with E-state index in [2.05, 4.69) is 13.8 Å². The van der Waals surface area contributed by atoms with Crippen LogP contribution in [0.15, 0.2) is 59.6 Å². The summed E-state index contributed by atoms with van der Waals surface area (Å²) in [5.74, 6) is 0.779. The third-order valence-electron chi connectivity index (χ3n) is 5.87. The lowest BCUT2D eigenvalue weighted by molar-refractivity contribution is -0.122. The molecule has 0 N–H and O–H groups in total. The van der Waals surface area contributed by atoms with Crippen molar-refractivity contribution in [3.05, 3.63) is 70.8 Å². The summed E-state index contributed by atoms with van der Waals surface area (Å²) in [5.41, 5.74) is 4.67. The van der Waals surface area contributed by atoms with Gasteiger partial charge in [0.05, 0.1) is 17.2 Å². The van der Waals surface area contributed by atoms with Gasteiger partial charge < -0.3 is 9.47 Å². The first-order chi connectivity index (χ1) is 17.5. The van der Waals surface area contributed by atoms with Gasteiger partial charge in [-0.1, -0.05) is 55.5 Å². The maximum absolute atomic E-state index is 13.1. The summed E-state index contributed by atoms with van der Waals surface area (Å²) in [6.07, 6.45) is 6.72. The van der Waals surface area contributed by atoms with Gasteiger partial charge in [-0.3, -0.25) is 9.69 Å². The Kier molecular flexibility index (Phi) is 8.96. The molecule has 3 aromatic rings. The molecule has 4 rings (SSSR count). The number of unbranched alkanes of at least 4 members (excludes halogenated alkanes) is 1. The molecule has 36 heavy (non-hydrogen) atoms. The average molecular weight is 522 g/mol. The van der Waals surface area contributed by atoms with Crippen molar-refractivity contribution in [2.45, 2.75) is 33.1 Å². The Morgan fingerprint density at radius 1 is 1.11 bits per heavy atom. The number of aryl methyl sites for hydroxylation is 1. The van der Waals surface area contributed by atoms with E-state index in [9.17, 15) is 4.79 Å². The first-order valence-corrected chi connectivity index (χ1v) is 13.4. The Balaban J connectivity index is 1.70. The smallest absolute Gasteiger partial charge is 0.266 e. The summed E-state index contributed by atoms with van der Waals surface area (Å²) in [6, 6.07) is 16.0. The molecule has 6 nitrogen and oxygen atoms in total. The summed E-state index contributed by atoms with van der Waals surface area (Å²) >= 11 is 6.83. The number of carbonyl (C=O) groups is 1. The highest BCUT2D eigenvalue weighted by atomic mass is 32.2. The second-order valence-electron chi connectivity index (χ2n) is 8.57. The Hall–Kier alpha value is -2.94. The molecule has 8 heteroatoms. The molecule has 1 fully saturated rings. The van der Waals surface area contributed by atoms with Gasteiger partial charge in [0, 0.05) is 37.6 Å². The van der Waals surface area contributed by atoms with Gasteiger partial charge in [-0.15, -0.1) is 0 Å². The van der Waals surface area contributed by atoms with Crippen molar-refractivity contribution in [1.29, 1.82) is 0 Å². The van der Waals surface area contributed by atoms with E-state index in [4.69, 9.17) is 26.8 Å². The van der Waals surface area contributed by atoms with Gasteiger partial charge in [-0.25, -0.2) is 4.68 Å². The van der Waals surface area contributed by atoms with E-state index in [1.807, 2.05) is 65.5 Å². The maximum Gasteiger partial charge on any atom is 0.266 e. The highest BCUT2D eigenvalue weighted by molar-refractivity contribution is 8.26. The van der Waals surface area contributed by atoms with E-state index in [1.54, 1.807) is 12.0 Å². The molecule has 0 aliphatic carbocycles. The lowest BCUT2D eigenvalue weighted by Gasteiger charge is -2.13. The van der Waals surface area contributed by atoms with Crippen molar-refractivity contribution in [2.24, 2.45) is 0 Å². The first-order valence-electron chi connectivity index (χ1n) is 12.1. The van der Waals surface area contributed by atoms with Crippen LogP contribution < -0.4 is 4.74 Å². The normalized spacial score (nSPS) is 14.8. The number of carbonyl (C=O) groups excluding carboxylic acids is 1. The predicted molar refractivity (Wildman–Crippen MR) is 151 cm³/mol. The summed E-state index contributed by atoms with van der Waals surface area (Å²) in [7, 11) is 1.65. The van der Waals surface area contributed by atoms with Crippen molar-refractivity contribution >= 4 is 40.3 Å². The van der Waals surface area contributed by atoms with Crippen molar-refractivity contribution in [3.8, 4) is 22.7 Å². The number of amides is 1. The van der Waals surface area contributed by atoms with E-state index < -0.39 is 0 Å². The van der Waals surface area contributed by atoms with Crippen molar-refractivity contribution in [2.75, 3.05) is 26.9 Å². The molecule has 1 aromatic heterocycles. The number of nitrogens with zero attached hydrogens (tertiary/aromatic N) is 3. The van der Waals surface area contributed by atoms with Crippen LogP contribution in [-0.2, 0) is 9.53 Å². The minimum Gasteiger partial charge on any atom is -0.494 e. The molecule has 2 aromatic carbocycles. The zero-order valence-corrected chi connectivity index (χ0v) is 22.5. The van der Waals surface area contributed by atoms with Gasteiger partial charge in [0.1, 0.15) is 15.8 Å². The number of thioether (sulfide) groups is 1. The fraction of sp³-hybridized carbons (Fsp3) is 0.321. The number of thiocarbonyl (C=S) groups is 1. The summed E-state index contributed by atoms with van der Waals surface area (Å²) in [5, 5.41) is 4.93. The number of benzene rings is 2. The van der Waals surface area contributed by atoms with Crippen LogP contribution in [0.25, 0.3) is 23.0 Å². The predicted octanol–water partition coefficient (Wildman–Crippen LogP) is 6.26. The van der Waals surface area contributed by atoms with Crippen molar-refractivity contribution in [1.82, 2.24) is 14.7 Å². The second kappa shape index (κ2) is 12.3. The summed E-state index contributed by atoms with van der Waals surface area (Å²) < 4.78 is 13.4. The summed E-state index contributed by atoms with van der Waals surface area (Å²) in [4.78, 5) is 15.4. The number of para-hydroxylation sites is 1. The largest absolute Gasteiger partial charge is 0.494 e. The Bertz CT molecular complexity index is 1250. The van der Waals surface area contributed by atoms with Crippen LogP contribution in [-0.4, -0.2) is 51.8 Å². The Morgan fingerprint density at radius 3 is 2.64 bits per heavy atom. The minimum absolute atomic E-state index is 0.0732. The van der Waals surface area contributed by atoms with Crippen molar-refractivity contribution in [3.63, 3.8) is 0 Å². The van der Waals surface area contributed by atoms with Crippen LogP contribution in [0.4, 0.5) is 0 Å². The number of hydrogen-bond acceptors (Lipinski definition) is 6. The molecule has 0 bridgehead atoms. The molecule has 2 heterocycles. The van der Waals surface area contributed by atoms with Gasteiger partial charge in [0.25, 0.3) is 5.91 Å². The summed E-state index contributed by atoms with van der Waals surface area (Å²) in [6.45, 7) is 6.04. The maximum atomic E-state index is 13.1. The highest BCUT2D eigenvalue weighted by Gasteiger charge is 2.32. The number of hydrogen-bond donors (Lipinski definition) is 0. The molecular formula is C28H31N3O3S2. The molecule has 0 saturated carbocycles. The van der Waals surface area contributed by atoms with E-state index in [0.717, 1.165) is 53.1 Å². The lowest BCUT2D eigenvalue weighted by atomic mass is 10.0. The quantitative estimate of drug-likeness (QED) is 0.169. The van der Waals surface area contributed by atoms with Crippen LogP contribution in [0.1, 0.15) is 37.3 Å². The first kappa shape index (κ1) is 26.1. The molecule has 0 radical (unpaired) electrons. The fourth-order valence-corrected chi connectivity index (χ4v) is 5.24. The molecule has 1 amide bonds. The molecule has 1 saturated heterocycles. The van der Waals surface area contributed by atoms with E-state index in [0.29, 0.717) is 29.0 Å². The van der Waals surface area contributed by atoms with Gasteiger partial charge in [0.2, 0.25) is 0 Å². The van der Waals surface area contributed by atoms with E-state index in [1.165, 1.54) is 11.8 Å². The molecular weight excluding hydrogens is 490 g/mol. The number of ether oxygens (including phenoxy) is 2. The van der Waals surface area contributed by atoms with E-state index in [-0.39, 0.29) is 5.91 Å². The third kappa shape index (κ3) is 6.06. The van der Waals surface area contributed by atoms with Crippen molar-refractivity contribution < 1.29 is 14.3 Å². The molecule has 0 atom stereocenters. The van der Waals surface area contributed by atoms with Crippen LogP contribution in [0.2, 0.25) is 0 Å². The molecule has 1 aliphatic heterocycles. The molecule has 0 spiro atoms.